The monoisotopic (exact) mass is 278 g/mol. The summed E-state index contributed by atoms with van der Waals surface area (Å²) in [5.41, 5.74) is 1.52. The predicted molar refractivity (Wildman–Crippen MR) is 75.4 cm³/mol. The second-order valence-electron chi connectivity index (χ2n) is 5.74. The Morgan fingerprint density at radius 1 is 1.45 bits per heavy atom. The van der Waals surface area contributed by atoms with Crippen LogP contribution in [-0.4, -0.2) is 37.3 Å². The van der Waals surface area contributed by atoms with Crippen molar-refractivity contribution in [1.82, 2.24) is 10.3 Å². The largest absolute Gasteiger partial charge is 0.465 e. The van der Waals surface area contributed by atoms with Gasteiger partial charge in [-0.15, -0.1) is 0 Å². The highest BCUT2D eigenvalue weighted by molar-refractivity contribution is 5.88. The van der Waals surface area contributed by atoms with E-state index < -0.39 is 0 Å². The number of nitrogens with zero attached hydrogens (tertiary/aromatic N) is 1. The lowest BCUT2D eigenvalue weighted by Crippen LogP contribution is -2.60. The fourth-order valence-corrected chi connectivity index (χ4v) is 2.63. The third-order valence-electron chi connectivity index (χ3n) is 4.24. The van der Waals surface area contributed by atoms with Gasteiger partial charge in [0.25, 0.3) is 0 Å². The molecule has 0 bridgehead atoms. The van der Waals surface area contributed by atoms with E-state index in [-0.39, 0.29) is 11.4 Å². The van der Waals surface area contributed by atoms with Gasteiger partial charge in [-0.25, -0.2) is 4.79 Å². The number of ether oxygens (including phenoxy) is 2. The summed E-state index contributed by atoms with van der Waals surface area (Å²) >= 11 is 0. The third-order valence-corrected chi connectivity index (χ3v) is 4.24. The lowest BCUT2D eigenvalue weighted by Gasteiger charge is -2.51. The molecule has 1 fully saturated rings. The average Bonchev–Trinajstić information content (AvgIpc) is 2.46. The number of rotatable bonds is 5. The summed E-state index contributed by atoms with van der Waals surface area (Å²) in [6.07, 6.45) is 2.88. The Morgan fingerprint density at radius 3 is 2.70 bits per heavy atom. The number of esters is 1. The van der Waals surface area contributed by atoms with E-state index in [1.54, 1.807) is 19.4 Å². The Kier molecular flexibility index (Phi) is 4.40. The molecule has 110 valence electrons. The lowest BCUT2D eigenvalue weighted by atomic mass is 9.64. The number of hydrogen-bond acceptors (Lipinski definition) is 5. The summed E-state index contributed by atoms with van der Waals surface area (Å²) in [4.78, 5) is 15.6. The Morgan fingerprint density at radius 2 is 2.20 bits per heavy atom. The van der Waals surface area contributed by atoms with Gasteiger partial charge in [0.1, 0.15) is 0 Å². The van der Waals surface area contributed by atoms with Crippen molar-refractivity contribution in [2.75, 3.05) is 14.2 Å². The van der Waals surface area contributed by atoms with Gasteiger partial charge < -0.3 is 14.8 Å². The molecule has 0 radical (unpaired) electrons. The molecule has 1 aromatic heterocycles. The first-order valence-electron chi connectivity index (χ1n) is 6.78. The molecule has 1 N–H and O–H groups in total. The molecule has 0 spiro atoms. The molecule has 5 nitrogen and oxygen atoms in total. The second-order valence-corrected chi connectivity index (χ2v) is 5.74. The quantitative estimate of drug-likeness (QED) is 0.832. The Labute approximate surface area is 119 Å². The summed E-state index contributed by atoms with van der Waals surface area (Å²) in [6, 6.07) is 4.01. The Bertz CT molecular complexity index is 471. The van der Waals surface area contributed by atoms with Crippen LogP contribution in [0.5, 0.6) is 0 Å². The van der Waals surface area contributed by atoms with E-state index in [0.717, 1.165) is 12.1 Å². The molecule has 2 atom stereocenters. The molecule has 0 saturated heterocycles. The average molecular weight is 278 g/mol. The van der Waals surface area contributed by atoms with E-state index in [2.05, 4.69) is 28.9 Å². The van der Waals surface area contributed by atoms with Crippen LogP contribution in [0.15, 0.2) is 18.3 Å². The maximum atomic E-state index is 11.3. The molecule has 1 saturated carbocycles. The molecule has 5 heteroatoms. The molecule has 1 aliphatic rings. The molecule has 1 heterocycles. The number of carbonyl (C=O) groups excluding carboxylic acids is 1. The molecule has 0 aromatic carbocycles. The number of hydrogen-bond donors (Lipinski definition) is 1. The minimum atomic E-state index is -0.361. The highest BCUT2D eigenvalue weighted by Crippen LogP contribution is 2.42. The van der Waals surface area contributed by atoms with Crippen LogP contribution in [0.3, 0.4) is 0 Å². The van der Waals surface area contributed by atoms with Gasteiger partial charge in [-0.05, 0) is 18.6 Å². The van der Waals surface area contributed by atoms with Gasteiger partial charge in [0.2, 0.25) is 0 Å². The summed E-state index contributed by atoms with van der Waals surface area (Å²) < 4.78 is 10.1. The third kappa shape index (κ3) is 2.83. The standard InChI is InChI=1S/C15H22N2O3/c1-15(2)12(7-13(15)19-3)17-9-11-6-5-10(8-16-11)14(18)20-4/h5-6,8,12-13,17H,7,9H2,1-4H3. The Balaban J connectivity index is 1.88. The molecule has 0 aliphatic heterocycles. The first-order chi connectivity index (χ1) is 9.48. The van der Waals surface area contributed by atoms with Crippen molar-refractivity contribution in [1.29, 1.82) is 0 Å². The minimum absolute atomic E-state index is 0.140. The van der Waals surface area contributed by atoms with Crippen molar-refractivity contribution < 1.29 is 14.3 Å². The van der Waals surface area contributed by atoms with Crippen molar-refractivity contribution in [3.05, 3.63) is 29.6 Å². The summed E-state index contributed by atoms with van der Waals surface area (Å²) in [5.74, 6) is -0.361. The number of nitrogens with one attached hydrogen (secondary N) is 1. The minimum Gasteiger partial charge on any atom is -0.465 e. The van der Waals surface area contributed by atoms with Crippen molar-refractivity contribution in [3.63, 3.8) is 0 Å². The van der Waals surface area contributed by atoms with Gasteiger partial charge in [0.15, 0.2) is 0 Å². The van der Waals surface area contributed by atoms with Crippen LogP contribution in [0.4, 0.5) is 0 Å². The molecule has 1 aliphatic carbocycles. The van der Waals surface area contributed by atoms with Gasteiger partial charge in [-0.2, -0.15) is 0 Å². The normalized spacial score (nSPS) is 24.0. The van der Waals surface area contributed by atoms with E-state index in [1.807, 2.05) is 6.07 Å². The predicted octanol–water partition coefficient (Wildman–Crippen LogP) is 1.77. The highest BCUT2D eigenvalue weighted by Gasteiger charge is 2.48. The van der Waals surface area contributed by atoms with Gasteiger partial charge >= 0.3 is 5.97 Å². The lowest BCUT2D eigenvalue weighted by molar-refractivity contribution is -0.0979. The fraction of sp³-hybridized carbons (Fsp3) is 0.600. The number of aromatic nitrogens is 1. The van der Waals surface area contributed by atoms with Gasteiger partial charge in [-0.3, -0.25) is 4.98 Å². The first-order valence-corrected chi connectivity index (χ1v) is 6.78. The summed E-state index contributed by atoms with van der Waals surface area (Å²) in [7, 11) is 3.12. The smallest absolute Gasteiger partial charge is 0.339 e. The van der Waals surface area contributed by atoms with E-state index >= 15 is 0 Å². The highest BCUT2D eigenvalue weighted by atomic mass is 16.5. The van der Waals surface area contributed by atoms with Crippen LogP contribution < -0.4 is 5.32 Å². The van der Waals surface area contributed by atoms with Crippen LogP contribution in [0.2, 0.25) is 0 Å². The van der Waals surface area contributed by atoms with Crippen LogP contribution in [0.25, 0.3) is 0 Å². The topological polar surface area (TPSA) is 60.5 Å². The van der Waals surface area contributed by atoms with Gasteiger partial charge in [0.05, 0.1) is 24.5 Å². The van der Waals surface area contributed by atoms with E-state index in [0.29, 0.717) is 24.3 Å². The Hall–Kier alpha value is -1.46. The van der Waals surface area contributed by atoms with Gasteiger partial charge in [0, 0.05) is 31.3 Å². The summed E-state index contributed by atoms with van der Waals surface area (Å²) in [6.45, 7) is 5.10. The maximum Gasteiger partial charge on any atom is 0.339 e. The zero-order chi connectivity index (χ0) is 14.8. The van der Waals surface area contributed by atoms with Crippen LogP contribution in [0, 0.1) is 5.41 Å². The second kappa shape index (κ2) is 5.89. The van der Waals surface area contributed by atoms with Crippen LogP contribution in [0.1, 0.15) is 36.3 Å². The van der Waals surface area contributed by atoms with Crippen molar-refractivity contribution in [2.45, 2.75) is 39.0 Å². The molecule has 1 aromatic rings. The van der Waals surface area contributed by atoms with E-state index in [4.69, 9.17) is 4.74 Å². The molecule has 0 amide bonds. The van der Waals surface area contributed by atoms with Crippen molar-refractivity contribution in [2.24, 2.45) is 5.41 Å². The number of carbonyl (C=O) groups is 1. The first kappa shape index (κ1) is 14.9. The SMILES string of the molecule is COC(=O)c1ccc(CNC2CC(OC)C2(C)C)nc1. The fourth-order valence-electron chi connectivity index (χ4n) is 2.63. The van der Waals surface area contributed by atoms with Gasteiger partial charge in [-0.1, -0.05) is 13.8 Å². The number of methoxy groups -OCH3 is 2. The van der Waals surface area contributed by atoms with Crippen LogP contribution >= 0.6 is 0 Å². The maximum absolute atomic E-state index is 11.3. The zero-order valence-corrected chi connectivity index (χ0v) is 12.5. The van der Waals surface area contributed by atoms with Crippen LogP contribution in [-0.2, 0) is 16.0 Å². The van der Waals surface area contributed by atoms with Crippen molar-refractivity contribution in [3.8, 4) is 0 Å². The number of pyridine rings is 1. The summed E-state index contributed by atoms with van der Waals surface area (Å²) in [5, 5.41) is 3.49. The van der Waals surface area contributed by atoms with E-state index in [9.17, 15) is 4.79 Å². The van der Waals surface area contributed by atoms with Crippen molar-refractivity contribution >= 4 is 5.97 Å². The molecular formula is C15H22N2O3. The van der Waals surface area contributed by atoms with E-state index in [1.165, 1.54) is 7.11 Å². The molecular weight excluding hydrogens is 256 g/mol. The molecule has 2 unspecified atom stereocenters. The zero-order valence-electron chi connectivity index (χ0n) is 12.5. The molecule has 20 heavy (non-hydrogen) atoms. The molecule has 2 rings (SSSR count).